The molecular weight excluding hydrogens is 339 g/mol. The van der Waals surface area contributed by atoms with Crippen LogP contribution in [0.25, 0.3) is 0 Å². The van der Waals surface area contributed by atoms with Gasteiger partial charge in [0.1, 0.15) is 15.7 Å². The number of benzene rings is 1. The van der Waals surface area contributed by atoms with Crippen molar-refractivity contribution in [1.29, 1.82) is 0 Å². The molecule has 0 aliphatic rings. The second kappa shape index (κ2) is 5.79. The Labute approximate surface area is 125 Å². The van der Waals surface area contributed by atoms with E-state index in [1.807, 2.05) is 0 Å². The average Bonchev–Trinajstić information content (AvgIpc) is 2.88. The molecule has 0 amide bonds. The van der Waals surface area contributed by atoms with E-state index in [2.05, 4.69) is 9.71 Å². The van der Waals surface area contributed by atoms with Crippen LogP contribution in [0.4, 0.5) is 4.39 Å². The zero-order chi connectivity index (χ0) is 15.7. The molecule has 1 N–H and O–H groups in total. The molecule has 114 valence electrons. The minimum absolute atomic E-state index is 0.0947. The summed E-state index contributed by atoms with van der Waals surface area (Å²) in [5.41, 5.74) is 0. The van der Waals surface area contributed by atoms with Crippen LogP contribution in [0.2, 0.25) is 0 Å². The number of halogens is 1. The number of sulfone groups is 1. The molecule has 0 unspecified atom stereocenters. The predicted octanol–water partition coefficient (Wildman–Crippen LogP) is 1.16. The molecule has 1 heterocycles. The van der Waals surface area contributed by atoms with Crippen LogP contribution in [0.5, 0.6) is 0 Å². The first kappa shape index (κ1) is 16.0. The maximum Gasteiger partial charge on any atom is 0.243 e. The standard InChI is InChI=1S/C11H11FN2O4S3/c1-20(15,16)8-2-3-9(12)10(6-8)21(17,18)14-7-11-13-4-5-19-11/h2-6,14H,7H2,1H3. The highest BCUT2D eigenvalue weighted by atomic mass is 32.2. The number of sulfonamides is 1. The molecule has 6 nitrogen and oxygen atoms in total. The van der Waals surface area contributed by atoms with Crippen molar-refractivity contribution < 1.29 is 21.2 Å². The summed E-state index contributed by atoms with van der Waals surface area (Å²) in [7, 11) is -7.80. The highest BCUT2D eigenvalue weighted by Gasteiger charge is 2.22. The van der Waals surface area contributed by atoms with Gasteiger partial charge in [-0.25, -0.2) is 30.9 Å². The van der Waals surface area contributed by atoms with Crippen LogP contribution in [-0.4, -0.2) is 28.1 Å². The van der Waals surface area contributed by atoms with Crippen LogP contribution in [-0.2, 0) is 26.4 Å². The normalized spacial score (nSPS) is 12.5. The van der Waals surface area contributed by atoms with E-state index in [-0.39, 0.29) is 11.4 Å². The lowest BCUT2D eigenvalue weighted by Gasteiger charge is -2.08. The van der Waals surface area contributed by atoms with E-state index in [9.17, 15) is 21.2 Å². The Bertz CT molecular complexity index is 846. The Morgan fingerprint density at radius 2 is 2.00 bits per heavy atom. The molecule has 0 aliphatic carbocycles. The van der Waals surface area contributed by atoms with Crippen molar-refractivity contribution in [1.82, 2.24) is 9.71 Å². The van der Waals surface area contributed by atoms with Gasteiger partial charge in [-0.15, -0.1) is 11.3 Å². The SMILES string of the molecule is CS(=O)(=O)c1ccc(F)c(S(=O)(=O)NCc2nccs2)c1. The fourth-order valence-electron chi connectivity index (χ4n) is 1.50. The molecule has 10 heteroatoms. The number of thiazole rings is 1. The highest BCUT2D eigenvalue weighted by molar-refractivity contribution is 7.91. The summed E-state index contributed by atoms with van der Waals surface area (Å²) >= 11 is 1.24. The van der Waals surface area contributed by atoms with E-state index in [4.69, 9.17) is 0 Å². The molecule has 2 aromatic rings. The maximum atomic E-state index is 13.7. The average molecular weight is 350 g/mol. The first-order valence-electron chi connectivity index (χ1n) is 5.58. The van der Waals surface area contributed by atoms with Crippen LogP contribution < -0.4 is 4.72 Å². The van der Waals surface area contributed by atoms with E-state index >= 15 is 0 Å². The van der Waals surface area contributed by atoms with Gasteiger partial charge in [0.25, 0.3) is 0 Å². The lowest BCUT2D eigenvalue weighted by atomic mass is 10.3. The number of hydrogen-bond acceptors (Lipinski definition) is 6. The molecular formula is C11H11FN2O4S3. The molecule has 0 radical (unpaired) electrons. The van der Waals surface area contributed by atoms with Crippen molar-refractivity contribution in [3.05, 3.63) is 40.6 Å². The van der Waals surface area contributed by atoms with Gasteiger partial charge in [-0.2, -0.15) is 0 Å². The third-order valence-electron chi connectivity index (χ3n) is 2.52. The van der Waals surface area contributed by atoms with Crippen LogP contribution in [0.1, 0.15) is 5.01 Å². The van der Waals surface area contributed by atoms with Gasteiger partial charge in [-0.3, -0.25) is 0 Å². The number of nitrogens with one attached hydrogen (secondary N) is 1. The zero-order valence-electron chi connectivity index (χ0n) is 10.8. The Hall–Kier alpha value is -1.36. The fraction of sp³-hybridized carbons (Fsp3) is 0.182. The number of rotatable bonds is 5. The van der Waals surface area contributed by atoms with Crippen LogP contribution in [0.3, 0.4) is 0 Å². The van der Waals surface area contributed by atoms with Gasteiger partial charge in [-0.1, -0.05) is 0 Å². The molecule has 0 fully saturated rings. The van der Waals surface area contributed by atoms with Crippen molar-refractivity contribution in [3.63, 3.8) is 0 Å². The highest BCUT2D eigenvalue weighted by Crippen LogP contribution is 2.20. The monoisotopic (exact) mass is 350 g/mol. The van der Waals surface area contributed by atoms with Crippen molar-refractivity contribution in [2.45, 2.75) is 16.3 Å². The molecule has 0 saturated carbocycles. The fourth-order valence-corrected chi connectivity index (χ4v) is 3.95. The minimum Gasteiger partial charge on any atom is -0.248 e. The van der Waals surface area contributed by atoms with Crippen molar-refractivity contribution in [2.24, 2.45) is 0 Å². The topological polar surface area (TPSA) is 93.2 Å². The van der Waals surface area contributed by atoms with Gasteiger partial charge in [0.2, 0.25) is 10.0 Å². The minimum atomic E-state index is -4.17. The second-order valence-electron chi connectivity index (χ2n) is 4.11. The number of nitrogens with zero attached hydrogens (tertiary/aromatic N) is 1. The van der Waals surface area contributed by atoms with Crippen molar-refractivity contribution in [3.8, 4) is 0 Å². The Balaban J connectivity index is 2.35. The number of aromatic nitrogens is 1. The summed E-state index contributed by atoms with van der Waals surface area (Å²) < 4.78 is 62.8. The molecule has 21 heavy (non-hydrogen) atoms. The van der Waals surface area contributed by atoms with Crippen LogP contribution in [0.15, 0.2) is 39.6 Å². The molecule has 0 bridgehead atoms. The summed E-state index contributed by atoms with van der Waals surface area (Å²) in [5, 5.41) is 2.19. The Morgan fingerprint density at radius 1 is 1.29 bits per heavy atom. The van der Waals surface area contributed by atoms with Crippen molar-refractivity contribution >= 4 is 31.2 Å². The molecule has 1 aromatic carbocycles. The number of hydrogen-bond donors (Lipinski definition) is 1. The summed E-state index contributed by atoms with van der Waals surface area (Å²) in [6, 6.07) is 2.63. The van der Waals surface area contributed by atoms with Gasteiger partial charge in [0.05, 0.1) is 11.4 Å². The first-order valence-corrected chi connectivity index (χ1v) is 9.83. The second-order valence-corrected chi connectivity index (χ2v) is 8.85. The van der Waals surface area contributed by atoms with E-state index in [1.165, 1.54) is 17.5 Å². The van der Waals surface area contributed by atoms with Gasteiger partial charge in [-0.05, 0) is 18.2 Å². The van der Waals surface area contributed by atoms with E-state index in [0.717, 1.165) is 24.5 Å². The molecule has 0 saturated heterocycles. The first-order chi connectivity index (χ1) is 9.70. The van der Waals surface area contributed by atoms with Gasteiger partial charge in [0, 0.05) is 17.8 Å². The lowest BCUT2D eigenvalue weighted by molar-refractivity contribution is 0.554. The van der Waals surface area contributed by atoms with E-state index in [0.29, 0.717) is 5.01 Å². The predicted molar refractivity (Wildman–Crippen MR) is 75.6 cm³/mol. The summed E-state index contributed by atoms with van der Waals surface area (Å²) in [6.45, 7) is -0.0947. The molecule has 0 aliphatic heterocycles. The van der Waals surface area contributed by atoms with Crippen LogP contribution >= 0.6 is 11.3 Å². The molecule has 0 atom stereocenters. The smallest absolute Gasteiger partial charge is 0.243 e. The van der Waals surface area contributed by atoms with E-state index in [1.54, 1.807) is 5.38 Å². The third-order valence-corrected chi connectivity index (χ3v) is 5.82. The molecule has 2 rings (SSSR count). The molecule has 1 aromatic heterocycles. The third kappa shape index (κ3) is 3.84. The van der Waals surface area contributed by atoms with Gasteiger partial charge < -0.3 is 0 Å². The Kier molecular flexibility index (Phi) is 4.42. The summed E-state index contributed by atoms with van der Waals surface area (Å²) in [5.74, 6) is -1.02. The van der Waals surface area contributed by atoms with Gasteiger partial charge >= 0.3 is 0 Å². The maximum absolute atomic E-state index is 13.7. The van der Waals surface area contributed by atoms with Gasteiger partial charge in [0.15, 0.2) is 9.84 Å². The summed E-state index contributed by atoms with van der Waals surface area (Å²) in [6.07, 6.45) is 2.43. The lowest BCUT2D eigenvalue weighted by Crippen LogP contribution is -2.24. The van der Waals surface area contributed by atoms with Crippen molar-refractivity contribution in [2.75, 3.05) is 6.26 Å². The Morgan fingerprint density at radius 3 is 2.57 bits per heavy atom. The summed E-state index contributed by atoms with van der Waals surface area (Å²) in [4.78, 5) is 2.92. The van der Waals surface area contributed by atoms with E-state index < -0.39 is 30.6 Å². The largest absolute Gasteiger partial charge is 0.248 e. The zero-order valence-corrected chi connectivity index (χ0v) is 13.2. The van der Waals surface area contributed by atoms with Crippen LogP contribution in [0, 0.1) is 5.82 Å². The quantitative estimate of drug-likeness (QED) is 0.817. The molecule has 0 spiro atoms.